The van der Waals surface area contributed by atoms with Crippen LogP contribution in [-0.4, -0.2) is 55.2 Å². The van der Waals surface area contributed by atoms with E-state index in [9.17, 15) is 9.59 Å². The van der Waals surface area contributed by atoms with Crippen LogP contribution in [0.15, 0.2) is 29.2 Å². The SMILES string of the molecule is O=C1CN(C(=O)CN2CCCSc3ccccc32)CCN1. The molecule has 0 atom stereocenters. The average Bonchev–Trinajstić information content (AvgIpc) is 2.70. The van der Waals surface area contributed by atoms with Crippen molar-refractivity contribution in [3.05, 3.63) is 24.3 Å². The first-order valence-corrected chi connectivity index (χ1v) is 8.24. The fraction of sp³-hybridized carbons (Fsp3) is 0.467. The van der Waals surface area contributed by atoms with Gasteiger partial charge in [0.15, 0.2) is 0 Å². The molecule has 1 fully saturated rings. The van der Waals surface area contributed by atoms with Gasteiger partial charge in [-0.15, -0.1) is 11.8 Å². The molecule has 112 valence electrons. The number of hydrogen-bond donors (Lipinski definition) is 1. The Hall–Kier alpha value is -1.69. The van der Waals surface area contributed by atoms with Crippen molar-refractivity contribution in [1.82, 2.24) is 10.2 Å². The Bertz CT molecular complexity index is 549. The van der Waals surface area contributed by atoms with Gasteiger partial charge in [-0.2, -0.15) is 0 Å². The van der Waals surface area contributed by atoms with Crippen LogP contribution >= 0.6 is 11.8 Å². The topological polar surface area (TPSA) is 52.7 Å². The highest BCUT2D eigenvalue weighted by atomic mass is 32.2. The van der Waals surface area contributed by atoms with Crippen molar-refractivity contribution in [2.24, 2.45) is 0 Å². The third kappa shape index (κ3) is 3.32. The maximum absolute atomic E-state index is 12.4. The number of amides is 2. The Morgan fingerprint density at radius 1 is 1.29 bits per heavy atom. The number of nitrogens with one attached hydrogen (secondary N) is 1. The zero-order valence-electron chi connectivity index (χ0n) is 11.9. The van der Waals surface area contributed by atoms with E-state index in [0.717, 1.165) is 24.4 Å². The van der Waals surface area contributed by atoms with Gasteiger partial charge in [-0.3, -0.25) is 9.59 Å². The van der Waals surface area contributed by atoms with Gasteiger partial charge >= 0.3 is 0 Å². The van der Waals surface area contributed by atoms with E-state index in [-0.39, 0.29) is 18.4 Å². The first kappa shape index (κ1) is 14.3. The smallest absolute Gasteiger partial charge is 0.242 e. The number of benzene rings is 1. The van der Waals surface area contributed by atoms with Crippen LogP contribution in [0.25, 0.3) is 0 Å². The molecule has 0 saturated carbocycles. The van der Waals surface area contributed by atoms with Crippen LogP contribution < -0.4 is 10.2 Å². The lowest BCUT2D eigenvalue weighted by molar-refractivity contribution is -0.137. The fourth-order valence-corrected chi connectivity index (χ4v) is 3.69. The highest BCUT2D eigenvalue weighted by Crippen LogP contribution is 2.33. The zero-order valence-corrected chi connectivity index (χ0v) is 12.7. The lowest BCUT2D eigenvalue weighted by Gasteiger charge is -2.30. The Balaban J connectivity index is 1.72. The predicted molar refractivity (Wildman–Crippen MR) is 83.6 cm³/mol. The number of rotatable bonds is 2. The van der Waals surface area contributed by atoms with E-state index in [4.69, 9.17) is 0 Å². The lowest BCUT2D eigenvalue weighted by atomic mass is 10.2. The quantitative estimate of drug-likeness (QED) is 0.884. The number of para-hydroxylation sites is 1. The highest BCUT2D eigenvalue weighted by Gasteiger charge is 2.24. The summed E-state index contributed by atoms with van der Waals surface area (Å²) in [6.07, 6.45) is 1.06. The van der Waals surface area contributed by atoms with Crippen molar-refractivity contribution < 1.29 is 9.59 Å². The summed E-state index contributed by atoms with van der Waals surface area (Å²) in [7, 11) is 0. The minimum atomic E-state index is -0.0681. The first-order valence-electron chi connectivity index (χ1n) is 7.25. The molecule has 0 bridgehead atoms. The number of carbonyl (C=O) groups is 2. The summed E-state index contributed by atoms with van der Waals surface area (Å²) in [6, 6.07) is 8.23. The van der Waals surface area contributed by atoms with Crippen LogP contribution in [-0.2, 0) is 9.59 Å². The maximum atomic E-state index is 12.4. The number of thioether (sulfide) groups is 1. The van der Waals surface area contributed by atoms with E-state index in [2.05, 4.69) is 22.3 Å². The molecule has 2 aliphatic heterocycles. The van der Waals surface area contributed by atoms with E-state index in [1.807, 2.05) is 23.9 Å². The van der Waals surface area contributed by atoms with Crippen LogP contribution in [0.4, 0.5) is 5.69 Å². The van der Waals surface area contributed by atoms with Crippen LogP contribution in [0.5, 0.6) is 0 Å². The number of nitrogens with zero attached hydrogens (tertiary/aromatic N) is 2. The second kappa shape index (κ2) is 6.39. The Labute approximate surface area is 128 Å². The van der Waals surface area contributed by atoms with E-state index in [1.165, 1.54) is 4.90 Å². The van der Waals surface area contributed by atoms with Crippen molar-refractivity contribution >= 4 is 29.3 Å². The molecule has 1 N–H and O–H groups in total. The number of anilines is 1. The van der Waals surface area contributed by atoms with E-state index in [1.54, 1.807) is 4.90 Å². The third-order valence-corrected chi connectivity index (χ3v) is 4.90. The normalized spacial score (nSPS) is 18.8. The molecular formula is C15H19N3O2S. The van der Waals surface area contributed by atoms with Gasteiger partial charge in [0.25, 0.3) is 0 Å². The monoisotopic (exact) mass is 305 g/mol. The van der Waals surface area contributed by atoms with Crippen LogP contribution in [0, 0.1) is 0 Å². The summed E-state index contributed by atoms with van der Waals surface area (Å²) in [6.45, 7) is 2.58. The minimum absolute atomic E-state index is 0.0338. The Morgan fingerprint density at radius 2 is 2.14 bits per heavy atom. The average molecular weight is 305 g/mol. The summed E-state index contributed by atoms with van der Waals surface area (Å²) in [4.78, 5) is 28.9. The summed E-state index contributed by atoms with van der Waals surface area (Å²) in [5.41, 5.74) is 1.13. The van der Waals surface area contributed by atoms with Gasteiger partial charge in [0.1, 0.15) is 0 Å². The molecule has 0 radical (unpaired) electrons. The molecule has 6 heteroatoms. The summed E-state index contributed by atoms with van der Waals surface area (Å²) >= 11 is 1.85. The molecule has 3 rings (SSSR count). The number of piperazine rings is 1. The summed E-state index contributed by atoms with van der Waals surface area (Å²) in [5, 5.41) is 2.75. The largest absolute Gasteiger partial charge is 0.361 e. The second-order valence-corrected chi connectivity index (χ2v) is 6.39. The highest BCUT2D eigenvalue weighted by molar-refractivity contribution is 7.99. The summed E-state index contributed by atoms with van der Waals surface area (Å²) < 4.78 is 0. The van der Waals surface area contributed by atoms with E-state index in [0.29, 0.717) is 19.6 Å². The Morgan fingerprint density at radius 3 is 3.00 bits per heavy atom. The number of hydrogen-bond acceptors (Lipinski definition) is 4. The predicted octanol–water partition coefficient (Wildman–Crippen LogP) is 0.947. The van der Waals surface area contributed by atoms with Gasteiger partial charge in [-0.25, -0.2) is 0 Å². The molecule has 2 amide bonds. The van der Waals surface area contributed by atoms with Crippen LogP contribution in [0.2, 0.25) is 0 Å². The van der Waals surface area contributed by atoms with Gasteiger partial charge in [0.2, 0.25) is 11.8 Å². The standard InChI is InChI=1S/C15H19N3O2S/c19-14-10-18(8-6-16-14)15(20)11-17-7-3-9-21-13-5-2-1-4-12(13)17/h1-2,4-5H,3,6-11H2,(H,16,19). The summed E-state index contributed by atoms with van der Waals surface area (Å²) in [5.74, 6) is 1.04. The van der Waals surface area contributed by atoms with Gasteiger partial charge in [0, 0.05) is 24.5 Å². The number of carbonyl (C=O) groups excluding carboxylic acids is 2. The number of fused-ring (bicyclic) bond motifs is 1. The van der Waals surface area contributed by atoms with Crippen LogP contribution in [0.3, 0.4) is 0 Å². The van der Waals surface area contributed by atoms with Gasteiger partial charge in [-0.05, 0) is 24.3 Å². The third-order valence-electron chi connectivity index (χ3n) is 3.75. The van der Waals surface area contributed by atoms with Crippen LogP contribution in [0.1, 0.15) is 6.42 Å². The second-order valence-electron chi connectivity index (χ2n) is 5.26. The van der Waals surface area contributed by atoms with Crippen molar-refractivity contribution in [3.8, 4) is 0 Å². The van der Waals surface area contributed by atoms with Gasteiger partial charge in [-0.1, -0.05) is 12.1 Å². The zero-order chi connectivity index (χ0) is 14.7. The van der Waals surface area contributed by atoms with E-state index < -0.39 is 0 Å². The molecular weight excluding hydrogens is 286 g/mol. The molecule has 1 saturated heterocycles. The lowest BCUT2D eigenvalue weighted by Crippen LogP contribution is -2.52. The minimum Gasteiger partial charge on any atom is -0.361 e. The Kier molecular flexibility index (Phi) is 4.34. The fourth-order valence-electron chi connectivity index (χ4n) is 2.68. The molecule has 2 heterocycles. The molecule has 0 unspecified atom stereocenters. The van der Waals surface area contributed by atoms with Crippen molar-refractivity contribution in [3.63, 3.8) is 0 Å². The maximum Gasteiger partial charge on any atom is 0.242 e. The molecule has 5 nitrogen and oxygen atoms in total. The molecule has 1 aromatic carbocycles. The van der Waals surface area contributed by atoms with Crippen molar-refractivity contribution in [2.45, 2.75) is 11.3 Å². The van der Waals surface area contributed by atoms with Gasteiger partial charge in [0.05, 0.1) is 18.8 Å². The van der Waals surface area contributed by atoms with Crippen molar-refractivity contribution in [1.29, 1.82) is 0 Å². The first-order chi connectivity index (χ1) is 10.2. The van der Waals surface area contributed by atoms with E-state index >= 15 is 0 Å². The molecule has 2 aliphatic rings. The molecule has 0 spiro atoms. The molecule has 1 aromatic rings. The molecule has 0 aliphatic carbocycles. The van der Waals surface area contributed by atoms with Gasteiger partial charge < -0.3 is 15.1 Å². The van der Waals surface area contributed by atoms with Crippen molar-refractivity contribution in [2.75, 3.05) is 43.4 Å². The molecule has 21 heavy (non-hydrogen) atoms. The molecule has 0 aromatic heterocycles.